The topological polar surface area (TPSA) is 32.3 Å². The quantitative estimate of drug-likeness (QED) is 0.899. The average molecular weight is 288 g/mol. The third kappa shape index (κ3) is 3.58. The first kappa shape index (κ1) is 15.9. The largest absolute Gasteiger partial charge is 0.385 e. The lowest BCUT2D eigenvalue weighted by molar-refractivity contribution is 0.0510. The number of nitrogens with zero attached hydrogens (tertiary/aromatic N) is 1. The number of carbonyl (C=O) groups excluding carboxylic acids is 1. The van der Waals surface area contributed by atoms with Crippen LogP contribution in [0.5, 0.6) is 0 Å². The van der Waals surface area contributed by atoms with E-state index in [1.165, 1.54) is 6.42 Å². The fourth-order valence-corrected chi connectivity index (χ4v) is 3.23. The summed E-state index contributed by atoms with van der Waals surface area (Å²) in [7, 11) is 0. The number of benzene rings is 1. The molecule has 2 atom stereocenters. The highest BCUT2D eigenvalue weighted by Crippen LogP contribution is 2.26. The Morgan fingerprint density at radius 2 is 1.95 bits per heavy atom. The minimum absolute atomic E-state index is 0.180. The number of hydrogen-bond donors (Lipinski definition) is 1. The van der Waals surface area contributed by atoms with Gasteiger partial charge < -0.3 is 10.2 Å². The molecule has 3 heteroatoms. The molecule has 116 valence electrons. The van der Waals surface area contributed by atoms with E-state index in [0.717, 1.165) is 42.6 Å². The SMILES string of the molecule is CCCNc1ccc(C(=O)N2[C@H](C)CCC[C@@H]2C)cc1C. The first-order valence-electron chi connectivity index (χ1n) is 8.21. The third-order valence-corrected chi connectivity index (χ3v) is 4.47. The highest BCUT2D eigenvalue weighted by Gasteiger charge is 2.29. The number of nitrogens with one attached hydrogen (secondary N) is 1. The fraction of sp³-hybridized carbons (Fsp3) is 0.611. The smallest absolute Gasteiger partial charge is 0.254 e. The van der Waals surface area contributed by atoms with Crippen LogP contribution in [-0.4, -0.2) is 29.4 Å². The van der Waals surface area contributed by atoms with Gasteiger partial charge in [-0.2, -0.15) is 0 Å². The normalized spacial score (nSPS) is 22.2. The van der Waals surface area contributed by atoms with Crippen molar-refractivity contribution in [2.75, 3.05) is 11.9 Å². The molecule has 1 aliphatic heterocycles. The van der Waals surface area contributed by atoms with Gasteiger partial charge in [-0.1, -0.05) is 6.92 Å². The number of rotatable bonds is 4. The highest BCUT2D eigenvalue weighted by atomic mass is 16.2. The average Bonchev–Trinajstić information content (AvgIpc) is 2.45. The molecule has 1 saturated heterocycles. The maximum absolute atomic E-state index is 12.8. The number of carbonyl (C=O) groups is 1. The Kier molecular flexibility index (Phi) is 5.27. The molecule has 3 nitrogen and oxygen atoms in total. The molecular weight excluding hydrogens is 260 g/mol. The summed E-state index contributed by atoms with van der Waals surface area (Å²) in [6.07, 6.45) is 4.56. The Morgan fingerprint density at radius 3 is 2.52 bits per heavy atom. The van der Waals surface area contributed by atoms with Crippen molar-refractivity contribution in [1.29, 1.82) is 0 Å². The lowest BCUT2D eigenvalue weighted by atomic mass is 9.96. The van der Waals surface area contributed by atoms with E-state index in [4.69, 9.17) is 0 Å². The Bertz CT molecular complexity index is 488. The van der Waals surface area contributed by atoms with Gasteiger partial charge in [0.1, 0.15) is 0 Å². The maximum atomic E-state index is 12.8. The predicted octanol–water partition coefficient (Wildman–Crippen LogP) is 4.22. The molecule has 1 aromatic carbocycles. The van der Waals surface area contributed by atoms with Crippen molar-refractivity contribution in [3.63, 3.8) is 0 Å². The van der Waals surface area contributed by atoms with Gasteiger partial charge in [0, 0.05) is 29.9 Å². The molecule has 1 aliphatic rings. The Morgan fingerprint density at radius 1 is 1.29 bits per heavy atom. The summed E-state index contributed by atoms with van der Waals surface area (Å²) < 4.78 is 0. The third-order valence-electron chi connectivity index (χ3n) is 4.47. The van der Waals surface area contributed by atoms with Crippen LogP contribution in [0.25, 0.3) is 0 Å². The van der Waals surface area contributed by atoms with Gasteiger partial charge in [0.15, 0.2) is 0 Å². The molecule has 0 saturated carbocycles. The van der Waals surface area contributed by atoms with Crippen molar-refractivity contribution in [2.45, 2.75) is 65.5 Å². The Labute approximate surface area is 128 Å². The lowest BCUT2D eigenvalue weighted by Gasteiger charge is -2.39. The Balaban J connectivity index is 2.17. The zero-order valence-corrected chi connectivity index (χ0v) is 13.8. The van der Waals surface area contributed by atoms with Crippen LogP contribution in [0.4, 0.5) is 5.69 Å². The number of hydrogen-bond acceptors (Lipinski definition) is 2. The van der Waals surface area contributed by atoms with Gasteiger partial charge in [-0.3, -0.25) is 4.79 Å². The zero-order chi connectivity index (χ0) is 15.4. The lowest BCUT2D eigenvalue weighted by Crippen LogP contribution is -2.47. The van der Waals surface area contributed by atoms with Crippen molar-refractivity contribution >= 4 is 11.6 Å². The van der Waals surface area contributed by atoms with E-state index in [1.54, 1.807) is 0 Å². The van der Waals surface area contributed by atoms with E-state index in [9.17, 15) is 4.79 Å². The summed E-state index contributed by atoms with van der Waals surface area (Å²) in [5, 5.41) is 3.40. The minimum atomic E-state index is 0.180. The number of amides is 1. The van der Waals surface area contributed by atoms with Gasteiger partial charge in [-0.05, 0) is 70.2 Å². The molecule has 0 bridgehead atoms. The summed E-state index contributed by atoms with van der Waals surface area (Å²) in [5.41, 5.74) is 3.09. The van der Waals surface area contributed by atoms with Crippen molar-refractivity contribution in [3.05, 3.63) is 29.3 Å². The Hall–Kier alpha value is -1.51. The number of anilines is 1. The van der Waals surface area contributed by atoms with E-state index in [2.05, 4.69) is 37.9 Å². The number of likely N-dealkylation sites (tertiary alicyclic amines) is 1. The van der Waals surface area contributed by atoms with Crippen LogP contribution in [0.3, 0.4) is 0 Å². The molecule has 1 N–H and O–H groups in total. The summed E-state index contributed by atoms with van der Waals surface area (Å²) in [6.45, 7) is 9.51. The van der Waals surface area contributed by atoms with Crippen LogP contribution < -0.4 is 5.32 Å². The first-order valence-corrected chi connectivity index (χ1v) is 8.21. The number of piperidine rings is 1. The van der Waals surface area contributed by atoms with Gasteiger partial charge in [0.2, 0.25) is 0 Å². The predicted molar refractivity (Wildman–Crippen MR) is 88.9 cm³/mol. The minimum Gasteiger partial charge on any atom is -0.385 e. The van der Waals surface area contributed by atoms with Crippen molar-refractivity contribution < 1.29 is 4.79 Å². The molecule has 0 unspecified atom stereocenters. The molecule has 0 spiro atoms. The van der Waals surface area contributed by atoms with Crippen LogP contribution in [0.1, 0.15) is 62.4 Å². The van der Waals surface area contributed by atoms with Crippen molar-refractivity contribution in [2.24, 2.45) is 0 Å². The standard InChI is InChI=1S/C18H28N2O/c1-5-11-19-17-10-9-16(12-13(17)2)18(21)20-14(3)7-6-8-15(20)4/h9-10,12,14-15,19H,5-8,11H2,1-4H3/t14-,15+. The van der Waals surface area contributed by atoms with Crippen LogP contribution in [0, 0.1) is 6.92 Å². The van der Waals surface area contributed by atoms with E-state index in [0.29, 0.717) is 12.1 Å². The zero-order valence-electron chi connectivity index (χ0n) is 13.8. The summed E-state index contributed by atoms with van der Waals surface area (Å²) >= 11 is 0. The van der Waals surface area contributed by atoms with E-state index < -0.39 is 0 Å². The molecule has 2 rings (SSSR count). The monoisotopic (exact) mass is 288 g/mol. The summed E-state index contributed by atoms with van der Waals surface area (Å²) in [4.78, 5) is 14.9. The van der Waals surface area contributed by atoms with E-state index in [1.807, 2.05) is 18.2 Å². The molecular formula is C18H28N2O. The van der Waals surface area contributed by atoms with Gasteiger partial charge in [0.25, 0.3) is 5.91 Å². The number of aryl methyl sites for hydroxylation is 1. The summed E-state index contributed by atoms with van der Waals surface area (Å²) in [6, 6.07) is 6.71. The van der Waals surface area contributed by atoms with E-state index >= 15 is 0 Å². The van der Waals surface area contributed by atoms with E-state index in [-0.39, 0.29) is 5.91 Å². The van der Waals surface area contributed by atoms with Crippen LogP contribution in [-0.2, 0) is 0 Å². The second-order valence-electron chi connectivity index (χ2n) is 6.30. The molecule has 0 radical (unpaired) electrons. The van der Waals surface area contributed by atoms with Crippen LogP contribution in [0.15, 0.2) is 18.2 Å². The first-order chi connectivity index (χ1) is 10.0. The highest BCUT2D eigenvalue weighted by molar-refractivity contribution is 5.95. The van der Waals surface area contributed by atoms with Gasteiger partial charge in [0.05, 0.1) is 0 Å². The molecule has 1 heterocycles. The second-order valence-corrected chi connectivity index (χ2v) is 6.30. The molecule has 0 aliphatic carbocycles. The molecule has 21 heavy (non-hydrogen) atoms. The molecule has 1 amide bonds. The van der Waals surface area contributed by atoms with Crippen molar-refractivity contribution in [3.8, 4) is 0 Å². The fourth-order valence-electron chi connectivity index (χ4n) is 3.23. The molecule has 1 fully saturated rings. The molecule has 0 aromatic heterocycles. The molecule has 1 aromatic rings. The maximum Gasteiger partial charge on any atom is 0.254 e. The summed E-state index contributed by atoms with van der Waals surface area (Å²) in [5.74, 6) is 0.180. The van der Waals surface area contributed by atoms with Crippen molar-refractivity contribution in [1.82, 2.24) is 4.90 Å². The van der Waals surface area contributed by atoms with Gasteiger partial charge in [-0.25, -0.2) is 0 Å². The van der Waals surface area contributed by atoms with Gasteiger partial charge >= 0.3 is 0 Å². The van der Waals surface area contributed by atoms with Crippen LogP contribution >= 0.6 is 0 Å². The van der Waals surface area contributed by atoms with Crippen LogP contribution in [0.2, 0.25) is 0 Å². The van der Waals surface area contributed by atoms with Gasteiger partial charge in [-0.15, -0.1) is 0 Å². The second kappa shape index (κ2) is 6.97.